The maximum atomic E-state index is 10.5. The Morgan fingerprint density at radius 3 is 2.45 bits per heavy atom. The third-order valence-electron chi connectivity index (χ3n) is 4.71. The molecule has 0 saturated heterocycles. The fraction of sp³-hybridized carbons (Fsp3) is 0.941. The lowest BCUT2D eigenvalue weighted by molar-refractivity contribution is 0.153. The molecule has 0 aliphatic heterocycles. The largest absolute Gasteiger partial charge is 0.450 e. The van der Waals surface area contributed by atoms with Gasteiger partial charge >= 0.3 is 6.09 Å². The van der Waals surface area contributed by atoms with E-state index in [4.69, 9.17) is 10.5 Å². The molecule has 0 radical (unpaired) electrons. The van der Waals surface area contributed by atoms with Crippen molar-refractivity contribution in [3.8, 4) is 0 Å². The maximum absolute atomic E-state index is 10.5. The van der Waals surface area contributed by atoms with Crippen molar-refractivity contribution in [2.45, 2.75) is 84.0 Å². The van der Waals surface area contributed by atoms with Crippen LogP contribution in [0, 0.1) is 11.8 Å². The molecule has 2 N–H and O–H groups in total. The molecular formula is C17H33NO2. The van der Waals surface area contributed by atoms with Gasteiger partial charge in [-0.25, -0.2) is 4.79 Å². The molecule has 3 heteroatoms. The molecule has 1 aliphatic carbocycles. The number of hydrogen-bond acceptors (Lipinski definition) is 2. The highest BCUT2D eigenvalue weighted by Gasteiger charge is 2.22. The summed E-state index contributed by atoms with van der Waals surface area (Å²) < 4.78 is 4.77. The Morgan fingerprint density at radius 2 is 1.80 bits per heavy atom. The van der Waals surface area contributed by atoms with Gasteiger partial charge in [-0.05, 0) is 18.3 Å². The zero-order valence-electron chi connectivity index (χ0n) is 13.2. The summed E-state index contributed by atoms with van der Waals surface area (Å²) in [6, 6.07) is 0. The summed E-state index contributed by atoms with van der Waals surface area (Å²) in [5, 5.41) is 0. The molecule has 0 bridgehead atoms. The van der Waals surface area contributed by atoms with Crippen LogP contribution < -0.4 is 5.73 Å². The average molecular weight is 283 g/mol. The lowest BCUT2D eigenvalue weighted by Gasteiger charge is -2.30. The molecule has 1 saturated carbocycles. The summed E-state index contributed by atoms with van der Waals surface area (Å²) >= 11 is 0. The zero-order chi connectivity index (χ0) is 14.6. The second kappa shape index (κ2) is 11.0. The van der Waals surface area contributed by atoms with E-state index in [0.29, 0.717) is 6.61 Å². The average Bonchev–Trinajstić information content (AvgIpc) is 2.46. The van der Waals surface area contributed by atoms with Gasteiger partial charge in [0.1, 0.15) is 0 Å². The smallest absolute Gasteiger partial charge is 0.404 e. The summed E-state index contributed by atoms with van der Waals surface area (Å²) in [6.45, 7) is 2.78. The number of carbonyl (C=O) groups is 1. The van der Waals surface area contributed by atoms with E-state index in [2.05, 4.69) is 6.92 Å². The minimum atomic E-state index is -0.645. The van der Waals surface area contributed by atoms with Gasteiger partial charge < -0.3 is 10.5 Å². The van der Waals surface area contributed by atoms with Gasteiger partial charge in [0, 0.05) is 0 Å². The minimum Gasteiger partial charge on any atom is -0.450 e. The van der Waals surface area contributed by atoms with E-state index in [0.717, 1.165) is 24.7 Å². The molecule has 3 nitrogen and oxygen atoms in total. The molecule has 0 aromatic heterocycles. The highest BCUT2D eigenvalue weighted by molar-refractivity contribution is 5.64. The first-order valence-electron chi connectivity index (χ1n) is 8.66. The molecule has 1 unspecified atom stereocenters. The van der Waals surface area contributed by atoms with Crippen LogP contribution in [-0.2, 0) is 4.74 Å². The molecule has 1 fully saturated rings. The van der Waals surface area contributed by atoms with E-state index in [-0.39, 0.29) is 0 Å². The van der Waals surface area contributed by atoms with Crippen LogP contribution in [0.15, 0.2) is 0 Å². The first kappa shape index (κ1) is 17.3. The number of rotatable bonds is 10. The number of hydrogen-bond donors (Lipinski definition) is 1. The lowest BCUT2D eigenvalue weighted by Crippen LogP contribution is -2.18. The standard InChI is InChI=1S/C17H33NO2/c1-2-3-10-15(16-11-6-4-7-12-16)13-8-5-9-14-20-17(18)19/h15-16H,2-14H2,1H3,(H2,18,19). The van der Waals surface area contributed by atoms with Crippen molar-refractivity contribution in [3.05, 3.63) is 0 Å². The Hall–Kier alpha value is -0.730. The first-order valence-corrected chi connectivity index (χ1v) is 8.66. The van der Waals surface area contributed by atoms with Gasteiger partial charge in [0.2, 0.25) is 0 Å². The monoisotopic (exact) mass is 283 g/mol. The van der Waals surface area contributed by atoms with Crippen molar-refractivity contribution in [1.29, 1.82) is 0 Å². The van der Waals surface area contributed by atoms with Crippen molar-refractivity contribution < 1.29 is 9.53 Å². The van der Waals surface area contributed by atoms with E-state index in [1.54, 1.807) is 0 Å². The number of unbranched alkanes of at least 4 members (excludes halogenated alkanes) is 3. The predicted molar refractivity (Wildman–Crippen MR) is 83.6 cm³/mol. The van der Waals surface area contributed by atoms with Crippen molar-refractivity contribution in [1.82, 2.24) is 0 Å². The predicted octanol–water partition coefficient (Wildman–Crippen LogP) is 5.03. The summed E-state index contributed by atoms with van der Waals surface area (Å²) in [4.78, 5) is 10.5. The Labute approximate surface area is 124 Å². The molecule has 0 aromatic rings. The lowest BCUT2D eigenvalue weighted by atomic mass is 9.76. The number of ether oxygens (including phenoxy) is 1. The summed E-state index contributed by atoms with van der Waals surface area (Å²) in [5.41, 5.74) is 4.95. The summed E-state index contributed by atoms with van der Waals surface area (Å²) in [5.74, 6) is 1.92. The molecule has 20 heavy (non-hydrogen) atoms. The van der Waals surface area contributed by atoms with Crippen molar-refractivity contribution in [2.24, 2.45) is 17.6 Å². The van der Waals surface area contributed by atoms with Crippen LogP contribution in [0.5, 0.6) is 0 Å². The molecule has 1 amide bonds. The van der Waals surface area contributed by atoms with Crippen LogP contribution in [0.25, 0.3) is 0 Å². The molecule has 1 atom stereocenters. The Kier molecular flexibility index (Phi) is 9.52. The Balaban J connectivity index is 2.17. The third kappa shape index (κ3) is 7.76. The van der Waals surface area contributed by atoms with Crippen LogP contribution in [-0.4, -0.2) is 12.7 Å². The van der Waals surface area contributed by atoms with Crippen LogP contribution in [0.1, 0.15) is 84.0 Å². The third-order valence-corrected chi connectivity index (χ3v) is 4.71. The van der Waals surface area contributed by atoms with Crippen LogP contribution >= 0.6 is 0 Å². The summed E-state index contributed by atoms with van der Waals surface area (Å²) in [6.07, 6.45) is 15.5. The number of amides is 1. The fourth-order valence-corrected chi connectivity index (χ4v) is 3.55. The molecule has 1 rings (SSSR count). The zero-order valence-corrected chi connectivity index (χ0v) is 13.2. The van der Waals surface area contributed by atoms with Gasteiger partial charge in [-0.3, -0.25) is 0 Å². The second-order valence-corrected chi connectivity index (χ2v) is 6.32. The van der Waals surface area contributed by atoms with Crippen molar-refractivity contribution in [2.75, 3.05) is 6.61 Å². The van der Waals surface area contributed by atoms with Gasteiger partial charge in [-0.15, -0.1) is 0 Å². The topological polar surface area (TPSA) is 52.3 Å². The van der Waals surface area contributed by atoms with Gasteiger partial charge in [-0.1, -0.05) is 77.6 Å². The number of nitrogens with two attached hydrogens (primary N) is 1. The van der Waals surface area contributed by atoms with Gasteiger partial charge in [0.05, 0.1) is 6.61 Å². The molecule has 118 valence electrons. The highest BCUT2D eigenvalue weighted by atomic mass is 16.5. The first-order chi connectivity index (χ1) is 9.74. The molecular weight excluding hydrogens is 250 g/mol. The van der Waals surface area contributed by atoms with Crippen molar-refractivity contribution >= 4 is 6.09 Å². The summed E-state index contributed by atoms with van der Waals surface area (Å²) in [7, 11) is 0. The van der Waals surface area contributed by atoms with Crippen molar-refractivity contribution in [3.63, 3.8) is 0 Å². The molecule has 1 aliphatic rings. The normalized spacial score (nSPS) is 17.9. The van der Waals surface area contributed by atoms with Gasteiger partial charge in [0.25, 0.3) is 0 Å². The fourth-order valence-electron chi connectivity index (χ4n) is 3.55. The molecule has 0 heterocycles. The second-order valence-electron chi connectivity index (χ2n) is 6.32. The maximum Gasteiger partial charge on any atom is 0.404 e. The van der Waals surface area contributed by atoms with E-state index >= 15 is 0 Å². The van der Waals surface area contributed by atoms with Gasteiger partial charge in [-0.2, -0.15) is 0 Å². The van der Waals surface area contributed by atoms with Gasteiger partial charge in [0.15, 0.2) is 0 Å². The quantitative estimate of drug-likeness (QED) is 0.572. The van der Waals surface area contributed by atoms with Crippen LogP contribution in [0.4, 0.5) is 4.79 Å². The molecule has 0 aromatic carbocycles. The van der Waals surface area contributed by atoms with E-state index in [1.165, 1.54) is 64.2 Å². The number of primary amides is 1. The minimum absolute atomic E-state index is 0.485. The molecule has 0 spiro atoms. The van der Waals surface area contributed by atoms with E-state index < -0.39 is 6.09 Å². The highest BCUT2D eigenvalue weighted by Crippen LogP contribution is 2.35. The number of carbonyl (C=O) groups excluding carboxylic acids is 1. The van der Waals surface area contributed by atoms with Crippen LogP contribution in [0.2, 0.25) is 0 Å². The van der Waals surface area contributed by atoms with E-state index in [1.807, 2.05) is 0 Å². The van der Waals surface area contributed by atoms with Crippen LogP contribution in [0.3, 0.4) is 0 Å². The SMILES string of the molecule is CCCCC(CCCCCOC(N)=O)C1CCCCC1. The Bertz CT molecular complexity index is 249. The Morgan fingerprint density at radius 1 is 1.10 bits per heavy atom. The van der Waals surface area contributed by atoms with E-state index in [9.17, 15) is 4.79 Å².